The first-order valence-electron chi connectivity index (χ1n) is 7.67. The smallest absolute Gasteiger partial charge is 0.224 e. The highest BCUT2D eigenvalue weighted by atomic mass is 16.5. The Hall–Kier alpha value is -1.51. The van der Waals surface area contributed by atoms with Gasteiger partial charge in [-0.25, -0.2) is 0 Å². The topological polar surface area (TPSA) is 38.3 Å². The summed E-state index contributed by atoms with van der Waals surface area (Å²) in [6.45, 7) is 0.805. The molecule has 0 atom stereocenters. The molecule has 1 saturated carbocycles. The van der Waals surface area contributed by atoms with Gasteiger partial charge in [-0.1, -0.05) is 37.8 Å². The molecule has 0 bridgehead atoms. The minimum atomic E-state index is 0.102. The van der Waals surface area contributed by atoms with Crippen LogP contribution in [0.3, 0.4) is 0 Å². The summed E-state index contributed by atoms with van der Waals surface area (Å²) in [7, 11) is 1.64. The lowest BCUT2D eigenvalue weighted by Crippen LogP contribution is -2.26. The third-order valence-corrected chi connectivity index (χ3v) is 4.08. The Kier molecular flexibility index (Phi) is 5.90. The second-order valence-corrected chi connectivity index (χ2v) is 5.67. The number of hydrogen-bond acceptors (Lipinski definition) is 2. The number of ether oxygens (including phenoxy) is 1. The van der Waals surface area contributed by atoms with E-state index < -0.39 is 0 Å². The molecule has 3 heteroatoms. The van der Waals surface area contributed by atoms with Crippen LogP contribution < -0.4 is 10.1 Å². The number of benzene rings is 1. The standard InChI is InChI=1S/C17H25NO2/c1-20-16-10-4-8-15(12-16)13-17(19)18-11-5-9-14-6-2-3-7-14/h4,8,10,12,14H,2-3,5-7,9,11,13H2,1H3,(H,18,19). The van der Waals surface area contributed by atoms with Crippen molar-refractivity contribution in [3.05, 3.63) is 29.8 Å². The van der Waals surface area contributed by atoms with Crippen molar-refractivity contribution in [2.75, 3.05) is 13.7 Å². The maximum absolute atomic E-state index is 11.9. The molecule has 3 nitrogen and oxygen atoms in total. The Bertz CT molecular complexity index is 425. The Morgan fingerprint density at radius 1 is 1.35 bits per heavy atom. The van der Waals surface area contributed by atoms with Crippen LogP contribution in [-0.2, 0) is 11.2 Å². The Labute approximate surface area is 121 Å². The summed E-state index contributed by atoms with van der Waals surface area (Å²) in [6, 6.07) is 7.68. The first-order chi connectivity index (χ1) is 9.78. The van der Waals surface area contributed by atoms with Crippen LogP contribution in [0.2, 0.25) is 0 Å². The van der Waals surface area contributed by atoms with Crippen LogP contribution in [0.4, 0.5) is 0 Å². The summed E-state index contributed by atoms with van der Waals surface area (Å²) in [6.07, 6.45) is 8.36. The van der Waals surface area contributed by atoms with E-state index in [1.807, 2.05) is 24.3 Å². The Morgan fingerprint density at radius 3 is 2.90 bits per heavy atom. The molecule has 1 N–H and O–H groups in total. The van der Waals surface area contributed by atoms with Crippen molar-refractivity contribution in [2.24, 2.45) is 5.92 Å². The number of rotatable bonds is 7. The largest absolute Gasteiger partial charge is 0.497 e. The molecule has 1 fully saturated rings. The van der Waals surface area contributed by atoms with Gasteiger partial charge in [0.15, 0.2) is 0 Å². The zero-order valence-electron chi connectivity index (χ0n) is 12.4. The molecule has 110 valence electrons. The van der Waals surface area contributed by atoms with Gasteiger partial charge >= 0.3 is 0 Å². The molecule has 0 aromatic heterocycles. The van der Waals surface area contributed by atoms with Crippen molar-refractivity contribution in [2.45, 2.75) is 44.9 Å². The molecule has 2 rings (SSSR count). The lowest BCUT2D eigenvalue weighted by atomic mass is 10.0. The van der Waals surface area contributed by atoms with Gasteiger partial charge in [0.05, 0.1) is 13.5 Å². The number of methoxy groups -OCH3 is 1. The van der Waals surface area contributed by atoms with E-state index in [-0.39, 0.29) is 5.91 Å². The number of hydrogen-bond donors (Lipinski definition) is 1. The van der Waals surface area contributed by atoms with E-state index >= 15 is 0 Å². The van der Waals surface area contributed by atoms with E-state index in [0.29, 0.717) is 6.42 Å². The molecule has 1 aromatic carbocycles. The first-order valence-corrected chi connectivity index (χ1v) is 7.67. The fourth-order valence-corrected chi connectivity index (χ4v) is 2.95. The van der Waals surface area contributed by atoms with Crippen LogP contribution in [0.5, 0.6) is 5.75 Å². The minimum Gasteiger partial charge on any atom is -0.497 e. The number of carbonyl (C=O) groups is 1. The molecule has 1 aliphatic rings. The number of carbonyl (C=O) groups excluding carboxylic acids is 1. The van der Waals surface area contributed by atoms with E-state index in [1.54, 1.807) is 7.11 Å². The molecule has 1 aromatic rings. The summed E-state index contributed by atoms with van der Waals surface area (Å²) in [5.41, 5.74) is 0.998. The van der Waals surface area contributed by atoms with Crippen LogP contribution in [-0.4, -0.2) is 19.6 Å². The van der Waals surface area contributed by atoms with Crippen LogP contribution >= 0.6 is 0 Å². The van der Waals surface area contributed by atoms with Gasteiger partial charge in [-0.2, -0.15) is 0 Å². The summed E-state index contributed by atoms with van der Waals surface area (Å²) >= 11 is 0. The average Bonchev–Trinajstić information content (AvgIpc) is 2.97. The molecule has 0 spiro atoms. The predicted molar refractivity (Wildman–Crippen MR) is 80.9 cm³/mol. The normalized spacial score (nSPS) is 15.2. The lowest BCUT2D eigenvalue weighted by Gasteiger charge is -2.09. The maximum atomic E-state index is 11.9. The van der Waals surface area contributed by atoms with Gasteiger partial charge in [-0.3, -0.25) is 4.79 Å². The van der Waals surface area contributed by atoms with E-state index in [9.17, 15) is 4.79 Å². The highest BCUT2D eigenvalue weighted by Gasteiger charge is 2.14. The van der Waals surface area contributed by atoms with Gasteiger partial charge in [0.2, 0.25) is 5.91 Å². The highest BCUT2D eigenvalue weighted by Crippen LogP contribution is 2.28. The van der Waals surface area contributed by atoms with Crippen molar-refractivity contribution < 1.29 is 9.53 Å². The fraction of sp³-hybridized carbons (Fsp3) is 0.588. The van der Waals surface area contributed by atoms with Gasteiger partial charge in [-0.05, 0) is 36.5 Å². The first kappa shape index (κ1) is 14.9. The van der Waals surface area contributed by atoms with Gasteiger partial charge in [0, 0.05) is 6.54 Å². The molecular weight excluding hydrogens is 250 g/mol. The Morgan fingerprint density at radius 2 is 2.15 bits per heavy atom. The third-order valence-electron chi connectivity index (χ3n) is 4.08. The monoisotopic (exact) mass is 275 g/mol. The molecule has 0 unspecified atom stereocenters. The summed E-state index contributed by atoms with van der Waals surface area (Å²) in [5, 5.41) is 3.01. The molecule has 0 heterocycles. The zero-order valence-corrected chi connectivity index (χ0v) is 12.4. The van der Waals surface area contributed by atoms with Crippen molar-refractivity contribution in [3.8, 4) is 5.75 Å². The number of nitrogens with one attached hydrogen (secondary N) is 1. The van der Waals surface area contributed by atoms with E-state index in [0.717, 1.165) is 30.2 Å². The van der Waals surface area contributed by atoms with Gasteiger partial charge in [0.25, 0.3) is 0 Å². The molecular formula is C17H25NO2. The molecule has 0 saturated heterocycles. The maximum Gasteiger partial charge on any atom is 0.224 e. The van der Waals surface area contributed by atoms with Gasteiger partial charge in [-0.15, -0.1) is 0 Å². The summed E-state index contributed by atoms with van der Waals surface area (Å²) < 4.78 is 5.16. The van der Waals surface area contributed by atoms with Crippen molar-refractivity contribution in [3.63, 3.8) is 0 Å². The molecule has 1 aliphatic carbocycles. The quantitative estimate of drug-likeness (QED) is 0.775. The predicted octanol–water partition coefficient (Wildman–Crippen LogP) is 3.32. The SMILES string of the molecule is COc1cccc(CC(=O)NCCCC2CCCC2)c1. The summed E-state index contributed by atoms with van der Waals surface area (Å²) in [4.78, 5) is 11.9. The molecule has 0 radical (unpaired) electrons. The molecule has 0 aliphatic heterocycles. The van der Waals surface area contributed by atoms with E-state index in [2.05, 4.69) is 5.32 Å². The van der Waals surface area contributed by atoms with E-state index in [1.165, 1.54) is 32.1 Å². The van der Waals surface area contributed by atoms with Gasteiger partial charge in [0.1, 0.15) is 5.75 Å². The van der Waals surface area contributed by atoms with Crippen LogP contribution in [0.15, 0.2) is 24.3 Å². The van der Waals surface area contributed by atoms with Crippen LogP contribution in [0, 0.1) is 5.92 Å². The fourth-order valence-electron chi connectivity index (χ4n) is 2.95. The molecule has 20 heavy (non-hydrogen) atoms. The van der Waals surface area contributed by atoms with Crippen molar-refractivity contribution >= 4 is 5.91 Å². The van der Waals surface area contributed by atoms with Crippen LogP contribution in [0.25, 0.3) is 0 Å². The average molecular weight is 275 g/mol. The highest BCUT2D eigenvalue weighted by molar-refractivity contribution is 5.78. The lowest BCUT2D eigenvalue weighted by molar-refractivity contribution is -0.120. The van der Waals surface area contributed by atoms with Crippen LogP contribution in [0.1, 0.15) is 44.1 Å². The van der Waals surface area contributed by atoms with Crippen molar-refractivity contribution in [1.29, 1.82) is 0 Å². The Balaban J connectivity index is 1.64. The molecule has 1 amide bonds. The summed E-state index contributed by atoms with van der Waals surface area (Å²) in [5.74, 6) is 1.81. The van der Waals surface area contributed by atoms with E-state index in [4.69, 9.17) is 4.74 Å². The van der Waals surface area contributed by atoms with Crippen molar-refractivity contribution in [1.82, 2.24) is 5.32 Å². The minimum absolute atomic E-state index is 0.102. The number of amides is 1. The second kappa shape index (κ2) is 7.93. The zero-order chi connectivity index (χ0) is 14.2. The third kappa shape index (κ3) is 4.87. The second-order valence-electron chi connectivity index (χ2n) is 5.67. The van der Waals surface area contributed by atoms with Gasteiger partial charge < -0.3 is 10.1 Å².